The summed E-state index contributed by atoms with van der Waals surface area (Å²) in [5, 5.41) is 3.19. The van der Waals surface area contributed by atoms with E-state index in [1.54, 1.807) is 20.4 Å². The van der Waals surface area contributed by atoms with Crippen LogP contribution in [0.2, 0.25) is 0 Å². The van der Waals surface area contributed by atoms with E-state index in [0.29, 0.717) is 11.5 Å². The van der Waals surface area contributed by atoms with Crippen LogP contribution in [0.15, 0.2) is 30.6 Å². The Morgan fingerprint density at radius 3 is 2.64 bits per heavy atom. The van der Waals surface area contributed by atoms with Crippen molar-refractivity contribution in [3.63, 3.8) is 0 Å². The van der Waals surface area contributed by atoms with Crippen LogP contribution < -0.4 is 14.8 Å². The van der Waals surface area contributed by atoms with Gasteiger partial charge in [-0.05, 0) is 18.9 Å². The fourth-order valence-electron chi connectivity index (χ4n) is 3.52. The van der Waals surface area contributed by atoms with Crippen molar-refractivity contribution in [3.05, 3.63) is 42.0 Å². The lowest BCUT2D eigenvalue weighted by molar-refractivity contribution is -0.125. The van der Waals surface area contributed by atoms with E-state index in [-0.39, 0.29) is 11.8 Å². The monoisotopic (exact) mass is 343 g/mol. The van der Waals surface area contributed by atoms with Crippen molar-refractivity contribution in [3.8, 4) is 11.5 Å². The van der Waals surface area contributed by atoms with Gasteiger partial charge in [0.15, 0.2) is 11.5 Å². The van der Waals surface area contributed by atoms with E-state index in [9.17, 15) is 4.79 Å². The molecule has 25 heavy (non-hydrogen) atoms. The Balaban J connectivity index is 2.00. The predicted molar refractivity (Wildman–Crippen MR) is 94.7 cm³/mol. The summed E-state index contributed by atoms with van der Waals surface area (Å²) in [6.45, 7) is 0. The third-order valence-electron chi connectivity index (χ3n) is 4.87. The van der Waals surface area contributed by atoms with E-state index in [0.717, 1.165) is 37.1 Å². The molecule has 1 heterocycles. The van der Waals surface area contributed by atoms with E-state index in [4.69, 9.17) is 9.47 Å². The van der Waals surface area contributed by atoms with Crippen molar-refractivity contribution in [2.45, 2.75) is 31.7 Å². The number of ether oxygens (including phenoxy) is 2. The number of hydrogen-bond acceptors (Lipinski definition) is 4. The second kappa shape index (κ2) is 7.59. The zero-order valence-corrected chi connectivity index (χ0v) is 15.0. The van der Waals surface area contributed by atoms with Crippen molar-refractivity contribution >= 4 is 5.91 Å². The SMILES string of the molecule is COc1cccc([C@H](NC(=O)C2CCCC2)c2nccn2C)c1OC. The minimum absolute atomic E-state index is 0.0790. The Kier molecular flexibility index (Phi) is 5.26. The van der Waals surface area contributed by atoms with Gasteiger partial charge in [0, 0.05) is 30.9 Å². The van der Waals surface area contributed by atoms with Gasteiger partial charge in [0.1, 0.15) is 11.9 Å². The quantitative estimate of drug-likeness (QED) is 0.876. The highest BCUT2D eigenvalue weighted by Crippen LogP contribution is 2.37. The summed E-state index contributed by atoms with van der Waals surface area (Å²) in [5.74, 6) is 2.17. The highest BCUT2D eigenvalue weighted by Gasteiger charge is 2.29. The van der Waals surface area contributed by atoms with Crippen LogP contribution in [0, 0.1) is 5.92 Å². The molecule has 0 spiro atoms. The number of carbonyl (C=O) groups excluding carboxylic acids is 1. The standard InChI is InChI=1S/C19H25N3O3/c1-22-12-11-20-18(22)16(21-19(23)13-7-4-5-8-13)14-9-6-10-15(24-2)17(14)25-3/h6,9-13,16H,4-5,7-8H2,1-3H3,(H,21,23)/t16-/m0/s1. The minimum Gasteiger partial charge on any atom is -0.493 e. The number of benzene rings is 1. The Labute approximate surface area is 148 Å². The third kappa shape index (κ3) is 3.48. The van der Waals surface area contributed by atoms with Crippen LogP contribution in [0.3, 0.4) is 0 Å². The van der Waals surface area contributed by atoms with E-state index >= 15 is 0 Å². The molecule has 1 aliphatic carbocycles. The van der Waals surface area contributed by atoms with Crippen LogP contribution in [-0.4, -0.2) is 29.7 Å². The summed E-state index contributed by atoms with van der Waals surface area (Å²) in [6, 6.07) is 5.29. The third-order valence-corrected chi connectivity index (χ3v) is 4.87. The number of hydrogen-bond donors (Lipinski definition) is 1. The molecule has 6 heteroatoms. The molecule has 1 aromatic carbocycles. The van der Waals surface area contributed by atoms with E-state index < -0.39 is 6.04 Å². The van der Waals surface area contributed by atoms with E-state index in [1.165, 1.54) is 0 Å². The number of nitrogens with one attached hydrogen (secondary N) is 1. The number of para-hydroxylation sites is 1. The second-order valence-corrected chi connectivity index (χ2v) is 6.40. The first kappa shape index (κ1) is 17.3. The predicted octanol–water partition coefficient (Wildman–Crippen LogP) is 2.83. The molecule has 1 aromatic heterocycles. The molecule has 6 nitrogen and oxygen atoms in total. The lowest BCUT2D eigenvalue weighted by atomic mass is 10.0. The lowest BCUT2D eigenvalue weighted by Crippen LogP contribution is -2.35. The Bertz CT molecular complexity index is 735. The first-order valence-electron chi connectivity index (χ1n) is 8.64. The summed E-state index contributed by atoms with van der Waals surface area (Å²) in [6.07, 6.45) is 7.75. The summed E-state index contributed by atoms with van der Waals surface area (Å²) in [5.41, 5.74) is 0.836. The molecule has 1 atom stereocenters. The summed E-state index contributed by atoms with van der Waals surface area (Å²) in [4.78, 5) is 17.2. The largest absolute Gasteiger partial charge is 0.493 e. The molecule has 1 aliphatic rings. The van der Waals surface area contributed by atoms with Gasteiger partial charge >= 0.3 is 0 Å². The average Bonchev–Trinajstić information content (AvgIpc) is 3.30. The molecule has 0 radical (unpaired) electrons. The highest BCUT2D eigenvalue weighted by atomic mass is 16.5. The van der Waals surface area contributed by atoms with Crippen molar-refractivity contribution in [2.24, 2.45) is 13.0 Å². The van der Waals surface area contributed by atoms with Crippen molar-refractivity contribution in [2.75, 3.05) is 14.2 Å². The lowest BCUT2D eigenvalue weighted by Gasteiger charge is -2.23. The molecule has 134 valence electrons. The molecular formula is C19H25N3O3. The number of amides is 1. The number of carbonyl (C=O) groups is 1. The first-order chi connectivity index (χ1) is 12.2. The van der Waals surface area contributed by atoms with Gasteiger partial charge in [0.25, 0.3) is 0 Å². The molecule has 2 aromatic rings. The molecule has 0 unspecified atom stereocenters. The van der Waals surface area contributed by atoms with Crippen LogP contribution >= 0.6 is 0 Å². The maximum absolute atomic E-state index is 12.8. The maximum atomic E-state index is 12.8. The van der Waals surface area contributed by atoms with Crippen LogP contribution in [0.5, 0.6) is 11.5 Å². The molecule has 1 fully saturated rings. The Morgan fingerprint density at radius 2 is 2.04 bits per heavy atom. The fraction of sp³-hybridized carbons (Fsp3) is 0.474. The molecule has 1 N–H and O–H groups in total. The number of aryl methyl sites for hydroxylation is 1. The number of imidazole rings is 1. The van der Waals surface area contributed by atoms with Gasteiger partial charge in [-0.2, -0.15) is 0 Å². The number of aromatic nitrogens is 2. The average molecular weight is 343 g/mol. The Morgan fingerprint density at radius 1 is 1.28 bits per heavy atom. The molecule has 3 rings (SSSR count). The topological polar surface area (TPSA) is 65.4 Å². The van der Waals surface area contributed by atoms with Crippen LogP contribution in [0.1, 0.15) is 43.1 Å². The van der Waals surface area contributed by atoms with Gasteiger partial charge in [0.2, 0.25) is 5.91 Å². The van der Waals surface area contributed by atoms with Crippen molar-refractivity contribution in [1.82, 2.24) is 14.9 Å². The van der Waals surface area contributed by atoms with Crippen LogP contribution in [-0.2, 0) is 11.8 Å². The first-order valence-corrected chi connectivity index (χ1v) is 8.64. The van der Waals surface area contributed by atoms with Crippen LogP contribution in [0.25, 0.3) is 0 Å². The number of rotatable bonds is 6. The number of nitrogens with zero attached hydrogens (tertiary/aromatic N) is 2. The molecule has 1 saturated carbocycles. The number of methoxy groups -OCH3 is 2. The van der Waals surface area contributed by atoms with E-state index in [1.807, 2.05) is 36.0 Å². The fourth-order valence-corrected chi connectivity index (χ4v) is 3.52. The van der Waals surface area contributed by atoms with Gasteiger partial charge in [-0.3, -0.25) is 4.79 Å². The van der Waals surface area contributed by atoms with Gasteiger partial charge < -0.3 is 19.4 Å². The zero-order valence-electron chi connectivity index (χ0n) is 15.0. The van der Waals surface area contributed by atoms with Gasteiger partial charge in [-0.1, -0.05) is 25.0 Å². The zero-order chi connectivity index (χ0) is 17.8. The minimum atomic E-state index is -0.391. The molecule has 1 amide bonds. The van der Waals surface area contributed by atoms with E-state index in [2.05, 4.69) is 10.3 Å². The summed E-state index contributed by atoms with van der Waals surface area (Å²) in [7, 11) is 5.13. The summed E-state index contributed by atoms with van der Waals surface area (Å²) < 4.78 is 12.9. The molecular weight excluding hydrogens is 318 g/mol. The second-order valence-electron chi connectivity index (χ2n) is 6.40. The van der Waals surface area contributed by atoms with Crippen molar-refractivity contribution < 1.29 is 14.3 Å². The van der Waals surface area contributed by atoms with Gasteiger partial charge in [-0.15, -0.1) is 0 Å². The Hall–Kier alpha value is -2.50. The molecule has 0 saturated heterocycles. The summed E-state index contributed by atoms with van der Waals surface area (Å²) >= 11 is 0. The molecule has 0 aliphatic heterocycles. The maximum Gasteiger partial charge on any atom is 0.223 e. The van der Waals surface area contributed by atoms with Gasteiger partial charge in [-0.25, -0.2) is 4.98 Å². The van der Waals surface area contributed by atoms with Crippen LogP contribution in [0.4, 0.5) is 0 Å². The van der Waals surface area contributed by atoms with Crippen molar-refractivity contribution in [1.29, 1.82) is 0 Å². The smallest absolute Gasteiger partial charge is 0.223 e. The normalized spacial score (nSPS) is 15.8. The molecule has 0 bridgehead atoms. The highest BCUT2D eigenvalue weighted by molar-refractivity contribution is 5.80. The van der Waals surface area contributed by atoms with Gasteiger partial charge in [0.05, 0.1) is 14.2 Å².